The molecule has 0 aliphatic rings. The molecule has 2 N–H and O–H groups in total. The minimum atomic E-state index is -0.637. The zero-order valence-corrected chi connectivity index (χ0v) is 15.8. The van der Waals surface area contributed by atoms with Gasteiger partial charge in [-0.2, -0.15) is 0 Å². The van der Waals surface area contributed by atoms with E-state index in [1.807, 2.05) is 24.3 Å². The third-order valence-corrected chi connectivity index (χ3v) is 4.17. The van der Waals surface area contributed by atoms with E-state index in [1.54, 1.807) is 6.07 Å². The summed E-state index contributed by atoms with van der Waals surface area (Å²) < 4.78 is 11.1. The number of furan rings is 1. The smallest absolute Gasteiger partial charge is 0.291 e. The van der Waals surface area contributed by atoms with Crippen LogP contribution < -0.4 is 10.1 Å². The molecule has 29 heavy (non-hydrogen) atoms. The predicted molar refractivity (Wildman–Crippen MR) is 106 cm³/mol. The van der Waals surface area contributed by atoms with Crippen LogP contribution in [-0.2, 0) is 13.0 Å². The molecule has 3 aromatic rings. The molecule has 1 amide bonds. The van der Waals surface area contributed by atoms with Crippen molar-refractivity contribution in [3.8, 4) is 11.5 Å². The van der Waals surface area contributed by atoms with E-state index in [0.717, 1.165) is 18.9 Å². The Labute approximate surface area is 166 Å². The first-order chi connectivity index (χ1) is 14.0. The van der Waals surface area contributed by atoms with Crippen molar-refractivity contribution >= 4 is 17.3 Å². The van der Waals surface area contributed by atoms with Crippen molar-refractivity contribution in [1.29, 1.82) is 0 Å². The molecule has 2 aromatic carbocycles. The lowest BCUT2D eigenvalue weighted by Crippen LogP contribution is -2.11. The quantitative estimate of drug-likeness (QED) is 0.325. The maximum atomic E-state index is 12.3. The van der Waals surface area contributed by atoms with Gasteiger partial charge in [-0.1, -0.05) is 25.5 Å². The van der Waals surface area contributed by atoms with Crippen LogP contribution in [-0.4, -0.2) is 15.9 Å². The van der Waals surface area contributed by atoms with Crippen molar-refractivity contribution in [2.24, 2.45) is 0 Å². The van der Waals surface area contributed by atoms with Gasteiger partial charge >= 0.3 is 0 Å². The molecule has 150 valence electrons. The molecule has 0 bridgehead atoms. The number of aryl methyl sites for hydroxylation is 1. The Hall–Kier alpha value is -3.81. The summed E-state index contributed by atoms with van der Waals surface area (Å²) >= 11 is 0. The number of benzene rings is 2. The monoisotopic (exact) mass is 396 g/mol. The van der Waals surface area contributed by atoms with Crippen LogP contribution in [0.4, 0.5) is 11.4 Å². The van der Waals surface area contributed by atoms with E-state index in [1.165, 1.54) is 23.8 Å². The lowest BCUT2D eigenvalue weighted by Gasteiger charge is -2.06. The van der Waals surface area contributed by atoms with Gasteiger partial charge in [0.1, 0.15) is 23.9 Å². The van der Waals surface area contributed by atoms with Gasteiger partial charge in [0.25, 0.3) is 11.6 Å². The number of hydrogen-bond acceptors (Lipinski definition) is 6. The number of carbonyl (C=O) groups excluding carboxylic acids is 1. The van der Waals surface area contributed by atoms with E-state index in [2.05, 4.69) is 12.2 Å². The largest absolute Gasteiger partial charge is 0.506 e. The highest BCUT2D eigenvalue weighted by molar-refractivity contribution is 6.03. The van der Waals surface area contributed by atoms with Crippen LogP contribution >= 0.6 is 0 Å². The molecule has 0 atom stereocenters. The first-order valence-corrected chi connectivity index (χ1v) is 9.05. The number of phenolic OH excluding ortho intramolecular Hbond substituents is 1. The summed E-state index contributed by atoms with van der Waals surface area (Å²) in [7, 11) is 0. The number of carbonyl (C=O) groups is 1. The highest BCUT2D eigenvalue weighted by atomic mass is 16.6. The topological polar surface area (TPSA) is 115 Å². The molecule has 0 aliphatic carbocycles. The molecule has 0 saturated carbocycles. The number of non-ortho nitro benzene ring substituents is 1. The fraction of sp³-hybridized carbons (Fsp3) is 0.190. The van der Waals surface area contributed by atoms with E-state index < -0.39 is 16.6 Å². The van der Waals surface area contributed by atoms with Crippen molar-refractivity contribution in [2.75, 3.05) is 5.32 Å². The number of aromatic hydroxyl groups is 1. The second kappa shape index (κ2) is 8.92. The zero-order valence-electron chi connectivity index (χ0n) is 15.8. The van der Waals surface area contributed by atoms with Gasteiger partial charge in [-0.15, -0.1) is 0 Å². The minimum absolute atomic E-state index is 0.0275. The van der Waals surface area contributed by atoms with Crippen molar-refractivity contribution in [3.63, 3.8) is 0 Å². The van der Waals surface area contributed by atoms with Gasteiger partial charge < -0.3 is 19.6 Å². The Morgan fingerprint density at radius 1 is 1.17 bits per heavy atom. The van der Waals surface area contributed by atoms with E-state index in [4.69, 9.17) is 9.15 Å². The maximum absolute atomic E-state index is 12.3. The van der Waals surface area contributed by atoms with Gasteiger partial charge in [0, 0.05) is 6.07 Å². The number of rotatable bonds is 8. The van der Waals surface area contributed by atoms with Gasteiger partial charge in [-0.05, 0) is 42.3 Å². The minimum Gasteiger partial charge on any atom is -0.506 e. The zero-order chi connectivity index (χ0) is 20.8. The number of anilines is 1. The Balaban J connectivity index is 1.59. The normalized spacial score (nSPS) is 10.5. The highest BCUT2D eigenvalue weighted by Crippen LogP contribution is 2.28. The lowest BCUT2D eigenvalue weighted by atomic mass is 10.1. The second-order valence-electron chi connectivity index (χ2n) is 6.36. The van der Waals surface area contributed by atoms with Crippen LogP contribution in [0.5, 0.6) is 11.5 Å². The van der Waals surface area contributed by atoms with Gasteiger partial charge in [-0.25, -0.2) is 0 Å². The summed E-state index contributed by atoms with van der Waals surface area (Å²) in [5.74, 6) is 0.182. The van der Waals surface area contributed by atoms with Gasteiger partial charge in [0.2, 0.25) is 0 Å². The maximum Gasteiger partial charge on any atom is 0.291 e. The molecule has 8 nitrogen and oxygen atoms in total. The fourth-order valence-corrected chi connectivity index (χ4v) is 2.70. The van der Waals surface area contributed by atoms with E-state index in [9.17, 15) is 20.0 Å². The van der Waals surface area contributed by atoms with Crippen LogP contribution in [0.25, 0.3) is 0 Å². The second-order valence-corrected chi connectivity index (χ2v) is 6.36. The number of amides is 1. The van der Waals surface area contributed by atoms with Crippen molar-refractivity contribution in [2.45, 2.75) is 26.4 Å². The average molecular weight is 396 g/mol. The number of nitro groups is 1. The van der Waals surface area contributed by atoms with Gasteiger partial charge in [0.05, 0.1) is 16.7 Å². The third kappa shape index (κ3) is 5.13. The Morgan fingerprint density at radius 2 is 1.93 bits per heavy atom. The van der Waals surface area contributed by atoms with Crippen LogP contribution in [0, 0.1) is 10.1 Å². The fourth-order valence-electron chi connectivity index (χ4n) is 2.70. The number of phenols is 1. The number of nitro benzene ring substituents is 1. The Bertz CT molecular complexity index is 1010. The van der Waals surface area contributed by atoms with E-state index in [0.29, 0.717) is 11.5 Å². The van der Waals surface area contributed by atoms with Crippen LogP contribution in [0.15, 0.2) is 59.0 Å². The molecule has 0 fully saturated rings. The number of nitrogens with one attached hydrogen (secondary N) is 1. The lowest BCUT2D eigenvalue weighted by molar-refractivity contribution is -0.384. The molecule has 0 aliphatic heterocycles. The summed E-state index contributed by atoms with van der Waals surface area (Å²) in [5.41, 5.74) is 1.01. The molecular weight excluding hydrogens is 376 g/mol. The van der Waals surface area contributed by atoms with Crippen LogP contribution in [0.2, 0.25) is 0 Å². The Morgan fingerprint density at radius 3 is 2.59 bits per heavy atom. The molecular formula is C21H20N2O6. The number of nitrogens with zero attached hydrogens (tertiary/aromatic N) is 1. The third-order valence-electron chi connectivity index (χ3n) is 4.17. The van der Waals surface area contributed by atoms with Gasteiger partial charge in [-0.3, -0.25) is 14.9 Å². The molecule has 1 heterocycles. The summed E-state index contributed by atoms with van der Waals surface area (Å²) in [5, 5.41) is 23.0. The predicted octanol–water partition coefficient (Wildman–Crippen LogP) is 4.68. The average Bonchev–Trinajstić information content (AvgIpc) is 3.18. The molecule has 0 unspecified atom stereocenters. The number of ether oxygens (including phenoxy) is 1. The summed E-state index contributed by atoms with van der Waals surface area (Å²) in [6, 6.07) is 14.3. The molecule has 0 spiro atoms. The Kier molecular flexibility index (Phi) is 6.13. The molecule has 3 rings (SSSR count). The summed E-state index contributed by atoms with van der Waals surface area (Å²) in [6.45, 7) is 2.28. The molecule has 0 radical (unpaired) electrons. The summed E-state index contributed by atoms with van der Waals surface area (Å²) in [4.78, 5) is 22.3. The highest BCUT2D eigenvalue weighted by Gasteiger charge is 2.16. The first-order valence-electron chi connectivity index (χ1n) is 9.05. The number of hydrogen-bond donors (Lipinski definition) is 2. The standard InChI is InChI=1S/C21H20N2O6/c1-2-3-14-4-7-16(8-5-14)28-13-17-9-11-20(29-17)21(25)22-18-10-6-15(23(26)27)12-19(18)24/h4-12,24H,2-3,13H2,1H3,(H,22,25). The SMILES string of the molecule is CCCc1ccc(OCc2ccc(C(=O)Nc3ccc([N+](=O)[O-])cc3O)o2)cc1. The van der Waals surface area contributed by atoms with Gasteiger partial charge in [0.15, 0.2) is 5.76 Å². The van der Waals surface area contributed by atoms with E-state index in [-0.39, 0.29) is 23.7 Å². The first kappa shape index (κ1) is 19.9. The van der Waals surface area contributed by atoms with Crippen molar-refractivity contribution in [1.82, 2.24) is 0 Å². The molecule has 1 aromatic heterocycles. The molecule has 0 saturated heterocycles. The van der Waals surface area contributed by atoms with E-state index >= 15 is 0 Å². The summed E-state index contributed by atoms with van der Waals surface area (Å²) in [6.07, 6.45) is 2.09. The van der Waals surface area contributed by atoms with Crippen molar-refractivity contribution < 1.29 is 24.0 Å². The van der Waals surface area contributed by atoms with Crippen molar-refractivity contribution in [3.05, 3.63) is 81.8 Å². The van der Waals surface area contributed by atoms with Crippen LogP contribution in [0.3, 0.4) is 0 Å². The molecule has 8 heteroatoms. The van der Waals surface area contributed by atoms with Crippen LogP contribution in [0.1, 0.15) is 35.2 Å².